The van der Waals surface area contributed by atoms with Gasteiger partial charge in [0.25, 0.3) is 0 Å². The number of nitrogens with zero attached hydrogens (tertiary/aromatic N) is 1. The van der Waals surface area contributed by atoms with Crippen molar-refractivity contribution in [2.45, 2.75) is 64.6 Å². The fourth-order valence-corrected chi connectivity index (χ4v) is 4.04. The maximum Gasteiger partial charge on any atom is 0.122 e. The van der Waals surface area contributed by atoms with Crippen LogP contribution in [0, 0.1) is 5.92 Å². The number of likely N-dealkylation sites (tertiary alicyclic amines) is 1. The Morgan fingerprint density at radius 1 is 1.25 bits per heavy atom. The van der Waals surface area contributed by atoms with Crippen LogP contribution >= 0.6 is 0 Å². The van der Waals surface area contributed by atoms with E-state index in [9.17, 15) is 0 Å². The predicted molar refractivity (Wildman–Crippen MR) is 81.5 cm³/mol. The summed E-state index contributed by atoms with van der Waals surface area (Å²) >= 11 is 0. The fourth-order valence-electron chi connectivity index (χ4n) is 4.04. The van der Waals surface area contributed by atoms with E-state index >= 15 is 0 Å². The van der Waals surface area contributed by atoms with Gasteiger partial charge in [-0.1, -0.05) is 19.8 Å². The van der Waals surface area contributed by atoms with Gasteiger partial charge in [0.05, 0.1) is 12.8 Å². The number of furan rings is 1. The molecule has 1 aliphatic heterocycles. The van der Waals surface area contributed by atoms with Crippen molar-refractivity contribution in [2.24, 2.45) is 5.92 Å². The molecule has 0 amide bonds. The smallest absolute Gasteiger partial charge is 0.122 e. The Labute approximate surface area is 122 Å². The maximum atomic E-state index is 5.66. The van der Waals surface area contributed by atoms with Gasteiger partial charge in [0.1, 0.15) is 5.76 Å². The van der Waals surface area contributed by atoms with E-state index in [0.717, 1.165) is 37.4 Å². The van der Waals surface area contributed by atoms with Crippen LogP contribution in [0.25, 0.3) is 0 Å². The third kappa shape index (κ3) is 3.09. The lowest BCUT2D eigenvalue weighted by Gasteiger charge is -2.44. The summed E-state index contributed by atoms with van der Waals surface area (Å²) < 4.78 is 5.66. The Bertz CT molecular complexity index is 413. The lowest BCUT2D eigenvalue weighted by atomic mass is 9.78. The minimum Gasteiger partial charge on any atom is -0.468 e. The SMILES string of the molecule is CCNCc1occc1CN1CCCC2CCCCC21. The maximum absolute atomic E-state index is 5.66. The molecule has 3 nitrogen and oxygen atoms in total. The Hall–Kier alpha value is -0.800. The van der Waals surface area contributed by atoms with E-state index in [2.05, 4.69) is 23.2 Å². The standard InChI is InChI=1S/C17H28N2O/c1-2-18-12-17-15(9-11-20-17)13-19-10-5-7-14-6-3-4-8-16(14)19/h9,11,14,16,18H,2-8,10,12-13H2,1H3. The molecule has 2 fully saturated rings. The molecule has 0 spiro atoms. The van der Waals surface area contributed by atoms with E-state index in [1.807, 2.05) is 6.26 Å². The summed E-state index contributed by atoms with van der Waals surface area (Å²) in [6.45, 7) is 6.35. The van der Waals surface area contributed by atoms with Crippen LogP contribution < -0.4 is 5.32 Å². The lowest BCUT2D eigenvalue weighted by molar-refractivity contribution is 0.0542. The van der Waals surface area contributed by atoms with Crippen LogP contribution in [0.15, 0.2) is 16.7 Å². The van der Waals surface area contributed by atoms with E-state index < -0.39 is 0 Å². The second-order valence-corrected chi connectivity index (χ2v) is 6.37. The van der Waals surface area contributed by atoms with Crippen LogP contribution in [0.4, 0.5) is 0 Å². The molecule has 1 saturated carbocycles. The zero-order valence-electron chi connectivity index (χ0n) is 12.7. The van der Waals surface area contributed by atoms with Gasteiger partial charge >= 0.3 is 0 Å². The largest absolute Gasteiger partial charge is 0.468 e. The van der Waals surface area contributed by atoms with Crippen molar-refractivity contribution in [1.82, 2.24) is 10.2 Å². The summed E-state index contributed by atoms with van der Waals surface area (Å²) in [5, 5.41) is 3.37. The number of hydrogen-bond acceptors (Lipinski definition) is 3. The van der Waals surface area contributed by atoms with Gasteiger partial charge in [0.2, 0.25) is 0 Å². The third-order valence-corrected chi connectivity index (χ3v) is 5.10. The van der Waals surface area contributed by atoms with Crippen LogP contribution in [-0.2, 0) is 13.1 Å². The first kappa shape index (κ1) is 14.2. The van der Waals surface area contributed by atoms with Gasteiger partial charge in [-0.25, -0.2) is 0 Å². The van der Waals surface area contributed by atoms with Crippen molar-refractivity contribution in [2.75, 3.05) is 13.1 Å². The fraction of sp³-hybridized carbons (Fsp3) is 0.765. The molecule has 1 aromatic heterocycles. The van der Waals surface area contributed by atoms with Crippen LogP contribution in [0.3, 0.4) is 0 Å². The van der Waals surface area contributed by atoms with Crippen molar-refractivity contribution in [3.8, 4) is 0 Å². The zero-order chi connectivity index (χ0) is 13.8. The molecule has 3 rings (SSSR count). The number of rotatable bonds is 5. The Balaban J connectivity index is 1.65. The Morgan fingerprint density at radius 2 is 2.10 bits per heavy atom. The van der Waals surface area contributed by atoms with Crippen molar-refractivity contribution < 1.29 is 4.42 Å². The molecule has 1 aliphatic carbocycles. The summed E-state index contributed by atoms with van der Waals surface area (Å²) in [6.07, 6.45) is 10.4. The number of nitrogens with one attached hydrogen (secondary N) is 1. The molecule has 112 valence electrons. The highest BCUT2D eigenvalue weighted by Crippen LogP contribution is 2.36. The molecule has 2 unspecified atom stereocenters. The highest BCUT2D eigenvalue weighted by Gasteiger charge is 2.33. The van der Waals surface area contributed by atoms with Gasteiger partial charge < -0.3 is 9.73 Å². The highest BCUT2D eigenvalue weighted by molar-refractivity contribution is 5.17. The summed E-state index contributed by atoms with van der Waals surface area (Å²) in [7, 11) is 0. The molecule has 20 heavy (non-hydrogen) atoms. The lowest BCUT2D eigenvalue weighted by Crippen LogP contribution is -2.46. The molecule has 2 atom stereocenters. The average Bonchev–Trinajstić information content (AvgIpc) is 2.93. The minimum absolute atomic E-state index is 0.833. The van der Waals surface area contributed by atoms with E-state index in [4.69, 9.17) is 4.42 Å². The molecule has 1 aromatic rings. The van der Waals surface area contributed by atoms with Gasteiger partial charge in [-0.3, -0.25) is 4.90 Å². The first-order chi connectivity index (χ1) is 9.88. The third-order valence-electron chi connectivity index (χ3n) is 5.10. The summed E-state index contributed by atoms with van der Waals surface area (Å²) in [4.78, 5) is 2.73. The Kier molecular flexibility index (Phi) is 4.79. The van der Waals surface area contributed by atoms with Gasteiger partial charge in [-0.2, -0.15) is 0 Å². The molecule has 0 radical (unpaired) electrons. The van der Waals surface area contributed by atoms with Crippen molar-refractivity contribution in [3.63, 3.8) is 0 Å². The first-order valence-electron chi connectivity index (χ1n) is 8.38. The second-order valence-electron chi connectivity index (χ2n) is 6.37. The van der Waals surface area contributed by atoms with Crippen molar-refractivity contribution in [3.05, 3.63) is 23.7 Å². The van der Waals surface area contributed by atoms with Gasteiger partial charge in [0.15, 0.2) is 0 Å². The van der Waals surface area contributed by atoms with E-state index in [1.165, 1.54) is 50.6 Å². The number of fused-ring (bicyclic) bond motifs is 1. The normalized spacial score (nSPS) is 27.4. The van der Waals surface area contributed by atoms with Crippen molar-refractivity contribution >= 4 is 0 Å². The minimum atomic E-state index is 0.833. The highest BCUT2D eigenvalue weighted by atomic mass is 16.3. The summed E-state index contributed by atoms with van der Waals surface area (Å²) in [5.41, 5.74) is 1.39. The molecule has 2 heterocycles. The van der Waals surface area contributed by atoms with E-state index in [0.29, 0.717) is 0 Å². The topological polar surface area (TPSA) is 28.4 Å². The van der Waals surface area contributed by atoms with Gasteiger partial charge in [-0.15, -0.1) is 0 Å². The van der Waals surface area contributed by atoms with Gasteiger partial charge in [-0.05, 0) is 50.8 Å². The summed E-state index contributed by atoms with van der Waals surface area (Å²) in [6, 6.07) is 3.00. The zero-order valence-corrected chi connectivity index (χ0v) is 12.7. The second kappa shape index (κ2) is 6.77. The monoisotopic (exact) mass is 276 g/mol. The van der Waals surface area contributed by atoms with E-state index in [-0.39, 0.29) is 0 Å². The van der Waals surface area contributed by atoms with Gasteiger partial charge in [0, 0.05) is 18.2 Å². The molecular weight excluding hydrogens is 248 g/mol. The quantitative estimate of drug-likeness (QED) is 0.891. The number of piperidine rings is 1. The molecule has 0 bridgehead atoms. The Morgan fingerprint density at radius 3 is 3.00 bits per heavy atom. The van der Waals surface area contributed by atoms with Crippen LogP contribution in [-0.4, -0.2) is 24.0 Å². The van der Waals surface area contributed by atoms with Crippen LogP contribution in [0.5, 0.6) is 0 Å². The number of hydrogen-bond donors (Lipinski definition) is 1. The van der Waals surface area contributed by atoms with Crippen molar-refractivity contribution in [1.29, 1.82) is 0 Å². The predicted octanol–water partition coefficient (Wildman–Crippen LogP) is 3.54. The molecular formula is C17H28N2O. The molecule has 3 heteroatoms. The molecule has 1 saturated heterocycles. The molecule has 1 N–H and O–H groups in total. The van der Waals surface area contributed by atoms with Crippen LogP contribution in [0.1, 0.15) is 56.8 Å². The average molecular weight is 276 g/mol. The first-order valence-corrected chi connectivity index (χ1v) is 8.38. The van der Waals surface area contributed by atoms with E-state index in [1.54, 1.807) is 0 Å². The molecule has 2 aliphatic rings. The molecule has 0 aromatic carbocycles. The summed E-state index contributed by atoms with van der Waals surface area (Å²) in [5.74, 6) is 2.09. The van der Waals surface area contributed by atoms with Crippen LogP contribution in [0.2, 0.25) is 0 Å².